The van der Waals surface area contributed by atoms with Crippen LogP contribution >= 0.6 is 0 Å². The smallest absolute Gasteiger partial charge is 0.149 e. The number of hydrogen-bond acceptors (Lipinski definition) is 4. The monoisotopic (exact) mass is 258 g/mol. The zero-order valence-electron chi connectivity index (χ0n) is 11.3. The van der Waals surface area contributed by atoms with E-state index in [0.29, 0.717) is 0 Å². The number of benzene rings is 1. The summed E-state index contributed by atoms with van der Waals surface area (Å²) in [7, 11) is 1.68. The summed E-state index contributed by atoms with van der Waals surface area (Å²) in [6.45, 7) is 4.04. The molecule has 1 aliphatic rings. The highest BCUT2D eigenvalue weighted by molar-refractivity contribution is 5.29. The van der Waals surface area contributed by atoms with E-state index in [1.165, 1.54) is 5.56 Å². The van der Waals surface area contributed by atoms with Gasteiger partial charge in [-0.1, -0.05) is 12.1 Å². The summed E-state index contributed by atoms with van der Waals surface area (Å²) in [5.74, 6) is 2.95. The minimum Gasteiger partial charge on any atom is -0.497 e. The quantitative estimate of drug-likeness (QED) is 0.907. The van der Waals surface area contributed by atoms with E-state index >= 15 is 0 Å². The van der Waals surface area contributed by atoms with Gasteiger partial charge >= 0.3 is 0 Å². The summed E-state index contributed by atoms with van der Waals surface area (Å²) in [6, 6.07) is 8.39. The van der Waals surface area contributed by atoms with Crippen molar-refractivity contribution in [2.24, 2.45) is 0 Å². The maximum atomic E-state index is 5.17. The van der Waals surface area contributed by atoms with Crippen LogP contribution in [0.5, 0.6) is 5.75 Å². The highest BCUT2D eigenvalue weighted by Crippen LogP contribution is 2.19. The summed E-state index contributed by atoms with van der Waals surface area (Å²) in [5.41, 5.74) is 1.22. The van der Waals surface area contributed by atoms with Crippen molar-refractivity contribution in [1.29, 1.82) is 0 Å². The molecule has 19 heavy (non-hydrogen) atoms. The summed E-state index contributed by atoms with van der Waals surface area (Å²) in [4.78, 5) is 0. The lowest BCUT2D eigenvalue weighted by Gasteiger charge is -2.21. The first-order chi connectivity index (χ1) is 9.28. The van der Waals surface area contributed by atoms with Gasteiger partial charge in [0.1, 0.15) is 17.4 Å². The van der Waals surface area contributed by atoms with Gasteiger partial charge in [0.2, 0.25) is 0 Å². The van der Waals surface area contributed by atoms with Gasteiger partial charge in [0, 0.05) is 19.5 Å². The fraction of sp³-hybridized carbons (Fsp3) is 0.429. The van der Waals surface area contributed by atoms with Crippen LogP contribution in [0.15, 0.2) is 24.3 Å². The number of fused-ring (bicyclic) bond motifs is 1. The summed E-state index contributed by atoms with van der Waals surface area (Å²) >= 11 is 0. The summed E-state index contributed by atoms with van der Waals surface area (Å²) in [5, 5.41) is 12.0. The molecule has 0 saturated heterocycles. The first kappa shape index (κ1) is 12.2. The van der Waals surface area contributed by atoms with E-state index < -0.39 is 0 Å². The fourth-order valence-corrected chi connectivity index (χ4v) is 2.45. The van der Waals surface area contributed by atoms with Gasteiger partial charge in [-0.25, -0.2) is 0 Å². The highest BCUT2D eigenvalue weighted by Gasteiger charge is 2.21. The van der Waals surface area contributed by atoms with Crippen LogP contribution in [0.3, 0.4) is 0 Å². The molecule has 100 valence electrons. The molecule has 3 rings (SSSR count). The van der Waals surface area contributed by atoms with E-state index in [0.717, 1.165) is 36.9 Å². The number of nitrogens with one attached hydrogen (secondary N) is 1. The fourth-order valence-electron chi connectivity index (χ4n) is 2.45. The molecule has 0 spiro atoms. The zero-order valence-corrected chi connectivity index (χ0v) is 11.3. The number of nitrogens with zero attached hydrogens (tertiary/aromatic N) is 3. The van der Waals surface area contributed by atoms with Crippen LogP contribution in [-0.4, -0.2) is 28.4 Å². The van der Waals surface area contributed by atoms with Crippen molar-refractivity contribution in [1.82, 2.24) is 20.1 Å². The van der Waals surface area contributed by atoms with E-state index in [9.17, 15) is 0 Å². The number of hydrogen-bond donors (Lipinski definition) is 1. The molecule has 0 fully saturated rings. The van der Waals surface area contributed by atoms with Gasteiger partial charge in [0.25, 0.3) is 0 Å². The predicted octanol–water partition coefficient (Wildman–Crippen LogP) is 1.54. The van der Waals surface area contributed by atoms with Crippen molar-refractivity contribution in [3.63, 3.8) is 0 Å². The van der Waals surface area contributed by atoms with Crippen LogP contribution in [0.4, 0.5) is 0 Å². The molecule has 1 N–H and O–H groups in total. The first-order valence-corrected chi connectivity index (χ1v) is 6.56. The molecular weight excluding hydrogens is 240 g/mol. The molecule has 2 aromatic rings. The average Bonchev–Trinajstić information content (AvgIpc) is 2.84. The Labute approximate surface area is 112 Å². The van der Waals surface area contributed by atoms with Crippen LogP contribution in [0.1, 0.15) is 30.2 Å². The minimum atomic E-state index is 0.283. The van der Waals surface area contributed by atoms with Gasteiger partial charge in [0.15, 0.2) is 0 Å². The normalized spacial score (nSPS) is 18.1. The van der Waals surface area contributed by atoms with Gasteiger partial charge in [0.05, 0.1) is 13.2 Å². The van der Waals surface area contributed by atoms with E-state index in [1.54, 1.807) is 7.11 Å². The third-order valence-electron chi connectivity index (χ3n) is 3.55. The van der Waals surface area contributed by atoms with E-state index in [1.807, 2.05) is 12.1 Å². The van der Waals surface area contributed by atoms with Gasteiger partial charge in [-0.05, 0) is 24.6 Å². The van der Waals surface area contributed by atoms with Crippen LogP contribution < -0.4 is 10.1 Å². The van der Waals surface area contributed by atoms with E-state index in [2.05, 4.69) is 39.1 Å². The minimum absolute atomic E-state index is 0.283. The molecule has 1 aromatic heterocycles. The molecular formula is C14H18N4O. The Morgan fingerprint density at radius 3 is 2.84 bits per heavy atom. The summed E-state index contributed by atoms with van der Waals surface area (Å²) in [6.07, 6.45) is 0.809. The van der Waals surface area contributed by atoms with Crippen molar-refractivity contribution in [3.05, 3.63) is 41.5 Å². The average molecular weight is 258 g/mol. The third-order valence-corrected chi connectivity index (χ3v) is 3.55. The molecule has 1 atom stereocenters. The van der Waals surface area contributed by atoms with Crippen molar-refractivity contribution < 1.29 is 4.74 Å². The lowest BCUT2D eigenvalue weighted by molar-refractivity contribution is 0.414. The molecule has 0 amide bonds. The Morgan fingerprint density at radius 2 is 2.11 bits per heavy atom. The second kappa shape index (κ2) is 5.01. The highest BCUT2D eigenvalue weighted by atomic mass is 16.5. The van der Waals surface area contributed by atoms with Crippen LogP contribution in [0.2, 0.25) is 0 Å². The van der Waals surface area contributed by atoms with Gasteiger partial charge in [-0.2, -0.15) is 0 Å². The van der Waals surface area contributed by atoms with Gasteiger partial charge in [-0.15, -0.1) is 10.2 Å². The Hall–Kier alpha value is -1.88. The predicted molar refractivity (Wildman–Crippen MR) is 72.2 cm³/mol. The second-order valence-electron chi connectivity index (χ2n) is 4.83. The third kappa shape index (κ3) is 2.33. The number of rotatable bonds is 3. The van der Waals surface area contributed by atoms with Gasteiger partial charge in [-0.3, -0.25) is 0 Å². The van der Waals surface area contributed by atoms with Crippen LogP contribution in [0.25, 0.3) is 0 Å². The molecule has 0 bridgehead atoms. The Bertz CT molecular complexity index is 561. The standard InChI is InChI=1S/C14H18N4O/c1-10-14-17-16-13(18(14)8-7-15-10)9-11-3-5-12(19-2)6-4-11/h3-6,10,15H,7-9H2,1-2H3. The van der Waals surface area contributed by atoms with Crippen molar-refractivity contribution >= 4 is 0 Å². The van der Waals surface area contributed by atoms with E-state index in [-0.39, 0.29) is 6.04 Å². The molecule has 0 radical (unpaired) electrons. The molecule has 1 aromatic carbocycles. The molecule has 0 aliphatic carbocycles. The maximum absolute atomic E-state index is 5.17. The van der Waals surface area contributed by atoms with Crippen molar-refractivity contribution in [3.8, 4) is 5.75 Å². The Morgan fingerprint density at radius 1 is 1.32 bits per heavy atom. The second-order valence-corrected chi connectivity index (χ2v) is 4.83. The largest absolute Gasteiger partial charge is 0.497 e. The SMILES string of the molecule is COc1ccc(Cc2nnc3n2CCNC3C)cc1. The molecule has 1 aliphatic heterocycles. The van der Waals surface area contributed by atoms with Gasteiger partial charge < -0.3 is 14.6 Å². The molecule has 0 saturated carbocycles. The first-order valence-electron chi connectivity index (χ1n) is 6.56. The Kier molecular flexibility index (Phi) is 3.21. The van der Waals surface area contributed by atoms with Crippen molar-refractivity contribution in [2.45, 2.75) is 25.9 Å². The topological polar surface area (TPSA) is 52.0 Å². The lowest BCUT2D eigenvalue weighted by Crippen LogP contribution is -2.32. The lowest BCUT2D eigenvalue weighted by atomic mass is 10.1. The maximum Gasteiger partial charge on any atom is 0.149 e. The van der Waals surface area contributed by atoms with Crippen LogP contribution in [-0.2, 0) is 13.0 Å². The number of ether oxygens (including phenoxy) is 1. The summed E-state index contributed by atoms with van der Waals surface area (Å²) < 4.78 is 7.40. The molecule has 5 nitrogen and oxygen atoms in total. The van der Waals surface area contributed by atoms with Crippen LogP contribution in [0, 0.1) is 0 Å². The van der Waals surface area contributed by atoms with Crippen molar-refractivity contribution in [2.75, 3.05) is 13.7 Å². The molecule has 1 unspecified atom stereocenters. The van der Waals surface area contributed by atoms with E-state index in [4.69, 9.17) is 4.74 Å². The zero-order chi connectivity index (χ0) is 13.2. The number of methoxy groups -OCH3 is 1. The number of aromatic nitrogens is 3. The molecule has 2 heterocycles. The molecule has 5 heteroatoms. The Balaban J connectivity index is 1.83.